The monoisotopic (exact) mass is 280 g/mol. The lowest BCUT2D eigenvalue weighted by Gasteiger charge is -2.25. The first-order chi connectivity index (χ1) is 9.60. The molecule has 1 N–H and O–H groups in total. The van der Waals surface area contributed by atoms with Crippen molar-refractivity contribution in [2.75, 3.05) is 11.9 Å². The molecular formula is C14H14F2N2O2. The second-order valence-electron chi connectivity index (χ2n) is 4.76. The van der Waals surface area contributed by atoms with Crippen LogP contribution in [0.25, 0.3) is 0 Å². The van der Waals surface area contributed by atoms with E-state index in [1.165, 1.54) is 0 Å². The molecule has 1 aromatic carbocycles. The summed E-state index contributed by atoms with van der Waals surface area (Å²) in [7, 11) is 0. The number of nitriles is 1. The largest absolute Gasteiger partial charge is 0.487 e. The molecule has 0 heterocycles. The molecule has 0 atom stereocenters. The van der Waals surface area contributed by atoms with Gasteiger partial charge in [0.05, 0.1) is 12.7 Å². The highest BCUT2D eigenvalue weighted by atomic mass is 19.1. The second-order valence-corrected chi connectivity index (χ2v) is 4.76. The van der Waals surface area contributed by atoms with Crippen LogP contribution in [0.5, 0.6) is 5.75 Å². The molecule has 0 aromatic heterocycles. The highest BCUT2D eigenvalue weighted by Crippen LogP contribution is 2.30. The quantitative estimate of drug-likeness (QED) is 0.901. The van der Waals surface area contributed by atoms with Crippen LogP contribution in [0.3, 0.4) is 0 Å². The second kappa shape index (κ2) is 6.33. The van der Waals surface area contributed by atoms with Crippen molar-refractivity contribution in [2.24, 2.45) is 5.92 Å². The Kier molecular flexibility index (Phi) is 4.51. The fraction of sp³-hybridized carbons (Fsp3) is 0.429. The zero-order chi connectivity index (χ0) is 14.5. The minimum absolute atomic E-state index is 0.0313. The zero-order valence-corrected chi connectivity index (χ0v) is 10.8. The first-order valence-corrected chi connectivity index (χ1v) is 6.39. The van der Waals surface area contributed by atoms with E-state index < -0.39 is 23.3 Å². The number of ether oxygens (including phenoxy) is 1. The van der Waals surface area contributed by atoms with Crippen LogP contribution >= 0.6 is 0 Å². The van der Waals surface area contributed by atoms with E-state index in [1.54, 1.807) is 6.07 Å². The number of amides is 1. The van der Waals surface area contributed by atoms with E-state index in [0.717, 1.165) is 31.4 Å². The molecule has 0 bridgehead atoms. The van der Waals surface area contributed by atoms with Crippen molar-refractivity contribution in [3.05, 3.63) is 23.8 Å². The summed E-state index contributed by atoms with van der Waals surface area (Å²) < 4.78 is 32.6. The molecule has 0 radical (unpaired) electrons. The number of hydrogen-bond acceptors (Lipinski definition) is 3. The predicted molar refractivity (Wildman–Crippen MR) is 68.1 cm³/mol. The Hall–Kier alpha value is -2.16. The van der Waals surface area contributed by atoms with E-state index in [-0.39, 0.29) is 12.1 Å². The Morgan fingerprint density at radius 1 is 1.40 bits per heavy atom. The van der Waals surface area contributed by atoms with Crippen LogP contribution in [0.15, 0.2) is 12.1 Å². The smallest absolute Gasteiger partial charge is 0.238 e. The number of nitrogens with one attached hydrogen (secondary N) is 1. The van der Waals surface area contributed by atoms with Crippen LogP contribution in [0.4, 0.5) is 14.5 Å². The van der Waals surface area contributed by atoms with E-state index in [1.807, 2.05) is 0 Å². The van der Waals surface area contributed by atoms with E-state index in [0.29, 0.717) is 12.5 Å². The molecule has 1 aliphatic carbocycles. The number of hydrogen-bond donors (Lipinski definition) is 1. The third-order valence-electron chi connectivity index (χ3n) is 3.21. The highest BCUT2D eigenvalue weighted by Gasteiger charge is 2.20. The van der Waals surface area contributed by atoms with Gasteiger partial charge in [-0.05, 0) is 18.8 Å². The number of carbonyl (C=O) groups is 1. The predicted octanol–water partition coefficient (Wildman–Crippen LogP) is 3.00. The SMILES string of the molecule is N#CCC(=O)Nc1cc(F)c(OCC2CCC2)c(F)c1. The molecule has 1 aromatic rings. The summed E-state index contributed by atoms with van der Waals surface area (Å²) in [6.07, 6.45) is 2.79. The Labute approximate surface area is 115 Å². The van der Waals surface area contributed by atoms with Gasteiger partial charge in [0.25, 0.3) is 0 Å². The Morgan fingerprint density at radius 2 is 2.05 bits per heavy atom. The molecule has 0 aliphatic heterocycles. The molecule has 1 aliphatic rings. The van der Waals surface area contributed by atoms with Crippen molar-refractivity contribution in [2.45, 2.75) is 25.7 Å². The summed E-state index contributed by atoms with van der Waals surface area (Å²) in [5, 5.41) is 10.6. The average molecular weight is 280 g/mol. The fourth-order valence-corrected chi connectivity index (χ4v) is 1.91. The average Bonchev–Trinajstić information content (AvgIpc) is 2.30. The summed E-state index contributed by atoms with van der Waals surface area (Å²) in [6.45, 7) is 0.300. The minimum Gasteiger partial charge on any atom is -0.487 e. The molecule has 1 amide bonds. The lowest BCUT2D eigenvalue weighted by Crippen LogP contribution is -2.20. The van der Waals surface area contributed by atoms with Crippen molar-refractivity contribution in [1.29, 1.82) is 5.26 Å². The third-order valence-corrected chi connectivity index (χ3v) is 3.21. The van der Waals surface area contributed by atoms with Crippen molar-refractivity contribution in [3.63, 3.8) is 0 Å². The minimum atomic E-state index is -0.864. The van der Waals surface area contributed by atoms with E-state index in [4.69, 9.17) is 10.00 Å². The maximum Gasteiger partial charge on any atom is 0.238 e. The van der Waals surface area contributed by atoms with Crippen molar-refractivity contribution >= 4 is 11.6 Å². The van der Waals surface area contributed by atoms with Crippen molar-refractivity contribution < 1.29 is 18.3 Å². The van der Waals surface area contributed by atoms with Gasteiger partial charge in [0.1, 0.15) is 6.42 Å². The third kappa shape index (κ3) is 3.44. The summed E-state index contributed by atoms with van der Waals surface area (Å²) in [4.78, 5) is 11.2. The number of nitrogens with zero attached hydrogens (tertiary/aromatic N) is 1. The van der Waals surface area contributed by atoms with Gasteiger partial charge in [-0.3, -0.25) is 4.79 Å². The Bertz CT molecular complexity index is 528. The van der Waals surface area contributed by atoms with Crippen LogP contribution in [-0.2, 0) is 4.79 Å². The van der Waals surface area contributed by atoms with Crippen molar-refractivity contribution in [3.8, 4) is 11.8 Å². The molecule has 0 spiro atoms. The number of anilines is 1. The van der Waals surface area contributed by atoms with Gasteiger partial charge < -0.3 is 10.1 Å². The molecule has 4 nitrogen and oxygen atoms in total. The molecule has 1 fully saturated rings. The molecule has 2 rings (SSSR count). The molecular weight excluding hydrogens is 266 g/mol. The normalized spacial score (nSPS) is 14.2. The van der Waals surface area contributed by atoms with Gasteiger partial charge in [-0.2, -0.15) is 5.26 Å². The zero-order valence-electron chi connectivity index (χ0n) is 10.8. The van der Waals surface area contributed by atoms with Crippen LogP contribution in [0.1, 0.15) is 25.7 Å². The fourth-order valence-electron chi connectivity index (χ4n) is 1.91. The standard InChI is InChI=1S/C14H14F2N2O2/c15-11-6-10(18-13(19)4-5-17)7-12(16)14(11)20-8-9-2-1-3-9/h6-7,9H,1-4,8H2,(H,18,19). The van der Waals surface area contributed by atoms with Gasteiger partial charge in [0.2, 0.25) is 5.91 Å². The van der Waals surface area contributed by atoms with Gasteiger partial charge in [-0.25, -0.2) is 8.78 Å². The lowest BCUT2D eigenvalue weighted by atomic mass is 9.86. The van der Waals surface area contributed by atoms with E-state index >= 15 is 0 Å². The van der Waals surface area contributed by atoms with Crippen molar-refractivity contribution in [1.82, 2.24) is 0 Å². The topological polar surface area (TPSA) is 62.1 Å². The first-order valence-electron chi connectivity index (χ1n) is 6.39. The van der Waals surface area contributed by atoms with Gasteiger partial charge in [-0.15, -0.1) is 0 Å². The van der Waals surface area contributed by atoms with Gasteiger partial charge >= 0.3 is 0 Å². The molecule has 106 valence electrons. The molecule has 0 unspecified atom stereocenters. The van der Waals surface area contributed by atoms with Gasteiger partial charge in [0, 0.05) is 17.8 Å². The molecule has 1 saturated carbocycles. The molecule has 6 heteroatoms. The summed E-state index contributed by atoms with van der Waals surface area (Å²) in [6, 6.07) is 3.61. The van der Waals surface area contributed by atoms with E-state index in [2.05, 4.69) is 5.32 Å². The number of benzene rings is 1. The van der Waals surface area contributed by atoms with Gasteiger partial charge in [-0.1, -0.05) is 6.42 Å². The number of halogens is 2. The summed E-state index contributed by atoms with van der Waals surface area (Å²) in [5.74, 6) is -2.40. The summed E-state index contributed by atoms with van der Waals surface area (Å²) >= 11 is 0. The van der Waals surface area contributed by atoms with Gasteiger partial charge in [0.15, 0.2) is 17.4 Å². The van der Waals surface area contributed by atoms with Crippen LogP contribution in [-0.4, -0.2) is 12.5 Å². The lowest BCUT2D eigenvalue weighted by molar-refractivity contribution is -0.115. The molecule has 0 saturated heterocycles. The first kappa shape index (κ1) is 14.3. The van der Waals surface area contributed by atoms with Crippen LogP contribution in [0.2, 0.25) is 0 Å². The summed E-state index contributed by atoms with van der Waals surface area (Å²) in [5.41, 5.74) is -0.0313. The maximum atomic E-state index is 13.7. The van der Waals surface area contributed by atoms with E-state index in [9.17, 15) is 13.6 Å². The molecule has 20 heavy (non-hydrogen) atoms. The Balaban J connectivity index is 2.03. The Morgan fingerprint density at radius 3 is 2.55 bits per heavy atom. The highest BCUT2D eigenvalue weighted by molar-refractivity contribution is 5.92. The number of carbonyl (C=O) groups excluding carboxylic acids is 1. The number of rotatable bonds is 5. The van der Waals surface area contributed by atoms with Crippen LogP contribution < -0.4 is 10.1 Å². The van der Waals surface area contributed by atoms with Crippen LogP contribution in [0, 0.1) is 28.9 Å². The maximum absolute atomic E-state index is 13.7.